The Balaban J connectivity index is 4.11. The number of likely N-dealkylation sites (N-methyl/N-ethyl adjacent to an activating group) is 1. The maximum atomic E-state index is 12.8. The molecule has 10 heteroatoms. The van der Waals surface area contributed by atoms with E-state index in [1.54, 1.807) is 0 Å². The minimum absolute atomic E-state index is 0.0297. The van der Waals surface area contributed by atoms with Gasteiger partial charge in [-0.05, 0) is 70.6 Å². The summed E-state index contributed by atoms with van der Waals surface area (Å²) >= 11 is 0. The zero-order chi connectivity index (χ0) is 52.7. The molecule has 0 aromatic carbocycles. The van der Waals surface area contributed by atoms with Gasteiger partial charge in [0.1, 0.15) is 19.8 Å². The molecular weight excluding hydrogens is 918 g/mol. The average molecular weight is 1040 g/mol. The van der Waals surface area contributed by atoms with E-state index in [1.165, 1.54) is 218 Å². The topological polar surface area (TPSA) is 111 Å². The molecule has 0 bridgehead atoms. The Morgan fingerprint density at radius 3 is 1.11 bits per heavy atom. The predicted octanol–water partition coefficient (Wildman–Crippen LogP) is 18.5. The Labute approximate surface area is 446 Å². The molecule has 0 spiro atoms. The summed E-state index contributed by atoms with van der Waals surface area (Å²) in [5.74, 6) is -0.822. The highest BCUT2D eigenvalue weighted by Gasteiger charge is 2.22. The molecule has 72 heavy (non-hydrogen) atoms. The summed E-state index contributed by atoms with van der Waals surface area (Å²) in [6, 6.07) is 0. The van der Waals surface area contributed by atoms with Gasteiger partial charge in [-0.15, -0.1) is 0 Å². The summed E-state index contributed by atoms with van der Waals surface area (Å²) in [7, 11) is 1.18. The Hall–Kier alpha value is -1.77. The molecule has 0 saturated carbocycles. The van der Waals surface area contributed by atoms with Gasteiger partial charge in [-0.25, -0.2) is 0 Å². The van der Waals surface area contributed by atoms with Crippen molar-refractivity contribution in [1.82, 2.24) is 0 Å². The summed E-state index contributed by atoms with van der Waals surface area (Å²) < 4.78 is 34.2. The number of rotatable bonds is 57. The van der Waals surface area contributed by atoms with Crippen molar-refractivity contribution in [3.05, 3.63) is 36.5 Å². The Morgan fingerprint density at radius 1 is 0.431 bits per heavy atom. The number of unbranched alkanes of at least 4 members (excludes halogenated alkanes) is 37. The molecule has 2 atom stereocenters. The first-order chi connectivity index (χ1) is 35.0. The minimum Gasteiger partial charge on any atom is -0.756 e. The number of carbonyl (C=O) groups excluding carboxylic acids is 2. The number of phosphoric ester groups is 1. The van der Waals surface area contributed by atoms with Gasteiger partial charge in [0.05, 0.1) is 27.7 Å². The van der Waals surface area contributed by atoms with E-state index in [-0.39, 0.29) is 32.0 Å². The van der Waals surface area contributed by atoms with Crippen LogP contribution in [0.25, 0.3) is 0 Å². The number of phosphoric acid groups is 1. The number of quaternary nitrogens is 1. The molecule has 0 amide bonds. The first kappa shape index (κ1) is 70.2. The highest BCUT2D eigenvalue weighted by atomic mass is 31.2. The lowest BCUT2D eigenvalue weighted by Crippen LogP contribution is -2.37. The van der Waals surface area contributed by atoms with Crippen molar-refractivity contribution < 1.29 is 42.1 Å². The highest BCUT2D eigenvalue weighted by Crippen LogP contribution is 2.38. The third-order valence-corrected chi connectivity index (χ3v) is 14.6. The average Bonchev–Trinajstić information content (AvgIpc) is 3.34. The highest BCUT2D eigenvalue weighted by molar-refractivity contribution is 7.45. The van der Waals surface area contributed by atoms with Gasteiger partial charge in [-0.3, -0.25) is 14.2 Å². The van der Waals surface area contributed by atoms with Gasteiger partial charge in [0.15, 0.2) is 6.10 Å². The molecule has 0 aliphatic carbocycles. The second-order valence-electron chi connectivity index (χ2n) is 22.1. The van der Waals surface area contributed by atoms with Crippen LogP contribution >= 0.6 is 7.82 Å². The molecule has 424 valence electrons. The minimum atomic E-state index is -4.64. The van der Waals surface area contributed by atoms with Crippen molar-refractivity contribution in [3.63, 3.8) is 0 Å². The zero-order valence-electron chi connectivity index (χ0n) is 48.1. The van der Waals surface area contributed by atoms with Crippen molar-refractivity contribution in [1.29, 1.82) is 0 Å². The van der Waals surface area contributed by atoms with E-state index in [9.17, 15) is 19.0 Å². The third-order valence-electron chi connectivity index (χ3n) is 13.6. The number of carbonyl (C=O) groups is 2. The second-order valence-corrected chi connectivity index (χ2v) is 23.5. The van der Waals surface area contributed by atoms with Crippen LogP contribution in [-0.4, -0.2) is 70.0 Å². The van der Waals surface area contributed by atoms with Crippen molar-refractivity contribution in [2.75, 3.05) is 47.5 Å². The standard InChI is InChI=1S/C62H118NO8P/c1-6-8-10-12-14-16-18-20-22-24-26-28-30-31-33-35-37-39-41-43-45-47-49-51-53-55-62(65)71-60(59-70-72(66,67)69-57-56-63(3,4)5)58-68-61(64)54-52-50-48-46-44-42-40-38-36-34-32-29-27-25-23-21-19-17-15-13-11-9-7-2/h18,20,24-27,60H,6-17,19,21-23,28-59H2,1-5H3/b20-18-,26-24-,27-25-. The normalized spacial score (nSPS) is 13.5. The van der Waals surface area contributed by atoms with E-state index in [1.807, 2.05) is 21.1 Å². The van der Waals surface area contributed by atoms with E-state index in [4.69, 9.17) is 18.5 Å². The predicted molar refractivity (Wildman–Crippen MR) is 305 cm³/mol. The quantitative estimate of drug-likeness (QED) is 0.0195. The first-order valence-corrected chi connectivity index (χ1v) is 32.2. The van der Waals surface area contributed by atoms with Gasteiger partial charge < -0.3 is 27.9 Å². The maximum Gasteiger partial charge on any atom is 0.306 e. The van der Waals surface area contributed by atoms with Crippen LogP contribution in [0.3, 0.4) is 0 Å². The Morgan fingerprint density at radius 2 is 0.750 bits per heavy atom. The number of nitrogens with zero attached hydrogens (tertiary/aromatic N) is 1. The Kier molecular flexibility index (Phi) is 52.7. The SMILES string of the molecule is CCCCCCC/C=C\C/C=C\CCCCCCCCCCCCCCCC(=O)OC(COC(=O)CCCCCCCCCCCCC/C=C\CCCCCCCCCC)COP(=O)([O-])OCC[N+](C)(C)C. The summed E-state index contributed by atoms with van der Waals surface area (Å²) in [4.78, 5) is 37.9. The fourth-order valence-electron chi connectivity index (χ4n) is 8.86. The summed E-state index contributed by atoms with van der Waals surface area (Å²) in [5, 5.41) is 0. The number of hydrogen-bond acceptors (Lipinski definition) is 8. The fourth-order valence-corrected chi connectivity index (χ4v) is 9.59. The largest absolute Gasteiger partial charge is 0.756 e. The smallest absolute Gasteiger partial charge is 0.306 e. The van der Waals surface area contributed by atoms with E-state index in [2.05, 4.69) is 50.3 Å². The Bertz CT molecular complexity index is 1310. The van der Waals surface area contributed by atoms with Gasteiger partial charge in [0.25, 0.3) is 7.82 Å². The van der Waals surface area contributed by atoms with Crippen LogP contribution in [0.1, 0.15) is 296 Å². The molecule has 0 N–H and O–H groups in total. The maximum absolute atomic E-state index is 12.8. The monoisotopic (exact) mass is 1040 g/mol. The first-order valence-electron chi connectivity index (χ1n) is 30.7. The van der Waals surface area contributed by atoms with Crippen molar-refractivity contribution in [3.8, 4) is 0 Å². The molecule has 0 heterocycles. The molecule has 0 saturated heterocycles. The van der Waals surface area contributed by atoms with E-state index in [0.29, 0.717) is 17.4 Å². The van der Waals surface area contributed by atoms with Crippen LogP contribution in [0.2, 0.25) is 0 Å². The van der Waals surface area contributed by atoms with Gasteiger partial charge in [0.2, 0.25) is 0 Å². The van der Waals surface area contributed by atoms with Crippen LogP contribution in [0.4, 0.5) is 0 Å². The van der Waals surface area contributed by atoms with Crippen molar-refractivity contribution >= 4 is 19.8 Å². The second kappa shape index (κ2) is 54.0. The van der Waals surface area contributed by atoms with Gasteiger partial charge in [-0.1, -0.05) is 249 Å². The van der Waals surface area contributed by atoms with Gasteiger partial charge >= 0.3 is 11.9 Å². The number of allylic oxidation sites excluding steroid dienone is 6. The molecule has 0 rings (SSSR count). The van der Waals surface area contributed by atoms with E-state index < -0.39 is 26.5 Å². The lowest BCUT2D eigenvalue weighted by Gasteiger charge is -2.28. The lowest BCUT2D eigenvalue weighted by molar-refractivity contribution is -0.870. The number of esters is 2. The van der Waals surface area contributed by atoms with Crippen LogP contribution in [0.15, 0.2) is 36.5 Å². The molecule has 0 aliphatic heterocycles. The molecule has 0 aliphatic rings. The molecule has 0 aromatic heterocycles. The lowest BCUT2D eigenvalue weighted by atomic mass is 10.0. The molecule has 0 aromatic rings. The van der Waals surface area contributed by atoms with Gasteiger partial charge in [0, 0.05) is 12.8 Å². The summed E-state index contributed by atoms with van der Waals surface area (Å²) in [5.41, 5.74) is 0. The summed E-state index contributed by atoms with van der Waals surface area (Å²) in [6.45, 7) is 4.27. The van der Waals surface area contributed by atoms with E-state index >= 15 is 0 Å². The molecule has 0 fully saturated rings. The number of ether oxygens (including phenoxy) is 2. The van der Waals surface area contributed by atoms with Crippen LogP contribution in [-0.2, 0) is 32.7 Å². The molecule has 2 unspecified atom stereocenters. The third kappa shape index (κ3) is 57.5. The van der Waals surface area contributed by atoms with Crippen molar-refractivity contribution in [2.24, 2.45) is 0 Å². The van der Waals surface area contributed by atoms with Crippen LogP contribution < -0.4 is 4.89 Å². The van der Waals surface area contributed by atoms with Crippen molar-refractivity contribution in [2.45, 2.75) is 302 Å². The van der Waals surface area contributed by atoms with E-state index in [0.717, 1.165) is 44.9 Å². The van der Waals surface area contributed by atoms with Crippen LogP contribution in [0, 0.1) is 0 Å². The zero-order valence-corrected chi connectivity index (χ0v) is 49.0. The number of hydrogen-bond donors (Lipinski definition) is 0. The van der Waals surface area contributed by atoms with Crippen LogP contribution in [0.5, 0.6) is 0 Å². The van der Waals surface area contributed by atoms with Gasteiger partial charge in [-0.2, -0.15) is 0 Å². The molecule has 0 radical (unpaired) electrons. The molecular formula is C62H118NO8P. The fraction of sp³-hybridized carbons (Fsp3) is 0.871. The molecule has 9 nitrogen and oxygen atoms in total. The summed E-state index contributed by atoms with van der Waals surface area (Å²) in [6.07, 6.45) is 66.2.